The van der Waals surface area contributed by atoms with E-state index >= 15 is 0 Å². The first kappa shape index (κ1) is 16.6. The Balaban J connectivity index is 4.73. The number of hydrogen-bond acceptors (Lipinski definition) is 4. The monoisotopic (exact) mass is 279 g/mol. The molecule has 0 N–H and O–H groups in total. The van der Waals surface area contributed by atoms with Crippen LogP contribution in [0.25, 0.3) is 0 Å². The summed E-state index contributed by atoms with van der Waals surface area (Å²) in [6, 6.07) is 0. The van der Waals surface area contributed by atoms with Gasteiger partial charge in [0, 0.05) is 26.6 Å². The molecular weight excluding hydrogens is 254 g/mol. The largest absolute Gasteiger partial charge is 0.453 e. The molecule has 0 saturated heterocycles. The van der Waals surface area contributed by atoms with E-state index in [2.05, 4.69) is 26.2 Å². The molecule has 5 nitrogen and oxygen atoms in total. The maximum absolute atomic E-state index is 11.7. The summed E-state index contributed by atoms with van der Waals surface area (Å²) in [4.78, 5) is 13.5. The molecule has 0 unspecified atom stereocenters. The smallest absolute Gasteiger partial charge is 0.409 e. The molecule has 0 aromatic rings. The molecular formula is C10H25NO4Si2. The zero-order valence-corrected chi connectivity index (χ0v) is 14.0. The zero-order valence-electron chi connectivity index (χ0n) is 12.0. The minimum atomic E-state index is -1.84. The van der Waals surface area contributed by atoms with Gasteiger partial charge in [0.2, 0.25) is 16.6 Å². The lowest BCUT2D eigenvalue weighted by molar-refractivity contribution is 0.132. The molecule has 0 heterocycles. The van der Waals surface area contributed by atoms with Gasteiger partial charge in [-0.05, 0) is 26.2 Å². The third kappa shape index (κ3) is 6.20. The molecule has 17 heavy (non-hydrogen) atoms. The molecule has 0 aliphatic heterocycles. The predicted octanol–water partition coefficient (Wildman–Crippen LogP) is 1.84. The number of ether oxygens (including phenoxy) is 1. The molecule has 0 aromatic heterocycles. The van der Waals surface area contributed by atoms with E-state index in [0.29, 0.717) is 12.3 Å². The third-order valence-electron chi connectivity index (χ3n) is 2.68. The Labute approximate surface area is 106 Å². The van der Waals surface area contributed by atoms with Crippen LogP contribution < -0.4 is 0 Å². The van der Waals surface area contributed by atoms with E-state index in [-0.39, 0.29) is 6.09 Å². The third-order valence-corrected chi connectivity index (χ3v) is 7.18. The SMILES string of the molecule is COC(=O)N(C[Si](C)(C)OC)C[Si](C)(C)OC. The van der Waals surface area contributed by atoms with Gasteiger partial charge in [-0.25, -0.2) is 4.79 Å². The molecule has 102 valence electrons. The summed E-state index contributed by atoms with van der Waals surface area (Å²) in [5, 5.41) is 0. The summed E-state index contributed by atoms with van der Waals surface area (Å²) in [5.74, 6) is 0. The lowest BCUT2D eigenvalue weighted by Gasteiger charge is -2.33. The molecule has 0 bridgehead atoms. The Morgan fingerprint density at radius 3 is 1.53 bits per heavy atom. The molecule has 0 saturated carbocycles. The van der Waals surface area contributed by atoms with Crippen LogP contribution in [0.4, 0.5) is 4.79 Å². The highest BCUT2D eigenvalue weighted by Crippen LogP contribution is 2.12. The standard InChI is InChI=1S/C10H25NO4Si2/c1-13-10(12)11(8-16(4,5)14-2)9-17(6,7)15-3/h8-9H2,1-7H3. The van der Waals surface area contributed by atoms with Crippen molar-refractivity contribution in [1.29, 1.82) is 0 Å². The van der Waals surface area contributed by atoms with Crippen LogP contribution >= 0.6 is 0 Å². The molecule has 0 aliphatic rings. The molecule has 7 heteroatoms. The fraction of sp³-hybridized carbons (Fsp3) is 0.900. The number of carbonyl (C=O) groups excluding carboxylic acids is 1. The van der Waals surface area contributed by atoms with Gasteiger partial charge in [-0.3, -0.25) is 0 Å². The van der Waals surface area contributed by atoms with E-state index in [1.54, 1.807) is 19.1 Å². The molecule has 0 fully saturated rings. The zero-order chi connectivity index (χ0) is 13.7. The average molecular weight is 279 g/mol. The molecule has 0 aliphatic carbocycles. The van der Waals surface area contributed by atoms with Crippen LogP contribution in [0.3, 0.4) is 0 Å². The van der Waals surface area contributed by atoms with Crippen molar-refractivity contribution in [2.24, 2.45) is 0 Å². The summed E-state index contributed by atoms with van der Waals surface area (Å²) < 4.78 is 15.8. The summed E-state index contributed by atoms with van der Waals surface area (Å²) >= 11 is 0. The maximum Gasteiger partial charge on any atom is 0.409 e. The van der Waals surface area contributed by atoms with Crippen LogP contribution in [-0.4, -0.2) is 61.3 Å². The first-order valence-electron chi connectivity index (χ1n) is 5.60. The molecule has 0 atom stereocenters. The molecule has 0 radical (unpaired) electrons. The van der Waals surface area contributed by atoms with E-state index in [9.17, 15) is 4.79 Å². The second-order valence-corrected chi connectivity index (χ2v) is 13.7. The van der Waals surface area contributed by atoms with Crippen molar-refractivity contribution in [3.8, 4) is 0 Å². The Morgan fingerprint density at radius 1 is 0.941 bits per heavy atom. The highest BCUT2D eigenvalue weighted by Gasteiger charge is 2.33. The Hall–Kier alpha value is -0.376. The van der Waals surface area contributed by atoms with Crippen LogP contribution in [-0.2, 0) is 13.6 Å². The predicted molar refractivity (Wildman–Crippen MR) is 73.0 cm³/mol. The first-order valence-corrected chi connectivity index (χ1v) is 11.8. The van der Waals surface area contributed by atoms with Crippen LogP contribution in [0.15, 0.2) is 0 Å². The van der Waals surface area contributed by atoms with E-state index in [4.69, 9.17) is 13.6 Å². The van der Waals surface area contributed by atoms with Crippen molar-refractivity contribution in [3.63, 3.8) is 0 Å². The number of rotatable bonds is 6. The minimum Gasteiger partial charge on any atom is -0.453 e. The maximum atomic E-state index is 11.7. The van der Waals surface area contributed by atoms with Gasteiger partial charge >= 0.3 is 6.09 Å². The summed E-state index contributed by atoms with van der Waals surface area (Å²) in [6.07, 6.45) is 0.937. The fourth-order valence-electron chi connectivity index (χ4n) is 1.36. The van der Waals surface area contributed by atoms with Gasteiger partial charge in [0.1, 0.15) is 0 Å². The van der Waals surface area contributed by atoms with Crippen LogP contribution in [0.2, 0.25) is 26.2 Å². The quantitative estimate of drug-likeness (QED) is 0.696. The topological polar surface area (TPSA) is 48.0 Å². The van der Waals surface area contributed by atoms with Crippen molar-refractivity contribution in [3.05, 3.63) is 0 Å². The highest BCUT2D eigenvalue weighted by atomic mass is 28.4. The molecule has 0 aromatic carbocycles. The van der Waals surface area contributed by atoms with Crippen molar-refractivity contribution in [1.82, 2.24) is 4.90 Å². The van der Waals surface area contributed by atoms with Gasteiger partial charge in [0.05, 0.1) is 7.11 Å². The van der Waals surface area contributed by atoms with Gasteiger partial charge in [-0.1, -0.05) is 0 Å². The van der Waals surface area contributed by atoms with E-state index < -0.39 is 16.6 Å². The summed E-state index contributed by atoms with van der Waals surface area (Å²) in [5.41, 5.74) is 0. The Bertz CT molecular complexity index is 241. The van der Waals surface area contributed by atoms with E-state index in [0.717, 1.165) is 0 Å². The second-order valence-electron chi connectivity index (χ2n) is 5.25. The number of amides is 1. The fourth-order valence-corrected chi connectivity index (χ4v) is 4.16. The lowest BCUT2D eigenvalue weighted by atomic mass is 10.9. The lowest BCUT2D eigenvalue weighted by Crippen LogP contribution is -2.53. The van der Waals surface area contributed by atoms with Crippen molar-refractivity contribution in [2.75, 3.05) is 33.7 Å². The van der Waals surface area contributed by atoms with E-state index in [1.807, 2.05) is 0 Å². The van der Waals surface area contributed by atoms with Crippen LogP contribution in [0.5, 0.6) is 0 Å². The van der Waals surface area contributed by atoms with Gasteiger partial charge in [-0.2, -0.15) is 0 Å². The highest BCUT2D eigenvalue weighted by molar-refractivity contribution is 6.73. The normalized spacial score (nSPS) is 12.4. The summed E-state index contributed by atoms with van der Waals surface area (Å²) in [6.45, 7) is 8.29. The molecule has 1 amide bonds. The van der Waals surface area contributed by atoms with Crippen LogP contribution in [0.1, 0.15) is 0 Å². The number of methoxy groups -OCH3 is 1. The molecule has 0 rings (SSSR count). The number of nitrogens with zero attached hydrogens (tertiary/aromatic N) is 1. The van der Waals surface area contributed by atoms with Crippen molar-refractivity contribution < 1.29 is 18.4 Å². The van der Waals surface area contributed by atoms with Gasteiger partial charge in [0.25, 0.3) is 0 Å². The Morgan fingerprint density at radius 2 is 1.29 bits per heavy atom. The molecule has 0 spiro atoms. The number of hydrogen-bond donors (Lipinski definition) is 0. The minimum absolute atomic E-state index is 0.305. The van der Waals surface area contributed by atoms with E-state index in [1.165, 1.54) is 7.11 Å². The Kier molecular flexibility index (Phi) is 6.38. The van der Waals surface area contributed by atoms with Crippen molar-refractivity contribution in [2.45, 2.75) is 26.2 Å². The van der Waals surface area contributed by atoms with Crippen LogP contribution in [0, 0.1) is 0 Å². The number of carbonyl (C=O) groups is 1. The summed E-state index contributed by atoms with van der Waals surface area (Å²) in [7, 11) is 1.11. The average Bonchev–Trinajstić information content (AvgIpc) is 2.26. The second kappa shape index (κ2) is 6.53. The van der Waals surface area contributed by atoms with Crippen molar-refractivity contribution >= 4 is 22.7 Å². The first-order chi connectivity index (χ1) is 7.67. The van der Waals surface area contributed by atoms with Gasteiger partial charge in [-0.15, -0.1) is 0 Å². The van der Waals surface area contributed by atoms with Gasteiger partial charge < -0.3 is 18.5 Å². The van der Waals surface area contributed by atoms with Gasteiger partial charge in [0.15, 0.2) is 0 Å².